The van der Waals surface area contributed by atoms with Gasteiger partial charge in [-0.2, -0.15) is 0 Å². The molecule has 0 radical (unpaired) electrons. The number of rotatable bonds is 7. The summed E-state index contributed by atoms with van der Waals surface area (Å²) in [5.41, 5.74) is 5.89. The molecule has 6 nitrogen and oxygen atoms in total. The Kier molecular flexibility index (Phi) is 12.7. The molecule has 1 atom stereocenters. The minimum Gasteiger partial charge on any atom is -0.351 e. The van der Waals surface area contributed by atoms with Crippen molar-refractivity contribution in [1.29, 1.82) is 0 Å². The Labute approximate surface area is 143 Å². The lowest BCUT2D eigenvalue weighted by Crippen LogP contribution is -2.45. The molecule has 0 spiro atoms. The number of aromatic nitrogens is 1. The van der Waals surface area contributed by atoms with Gasteiger partial charge in [-0.05, 0) is 24.5 Å². The fraction of sp³-hybridized carbons (Fsp3) is 0.500. The number of carbonyl (C=O) groups is 2. The lowest BCUT2D eigenvalue weighted by Gasteiger charge is -2.18. The van der Waals surface area contributed by atoms with Crippen molar-refractivity contribution >= 4 is 36.6 Å². The first-order chi connectivity index (χ1) is 9.52. The second-order valence-corrected chi connectivity index (χ2v) is 5.03. The molecule has 1 aromatic rings. The molecule has 1 heterocycles. The van der Waals surface area contributed by atoms with E-state index in [9.17, 15) is 9.59 Å². The molecule has 1 rings (SSSR count). The second kappa shape index (κ2) is 12.2. The van der Waals surface area contributed by atoms with E-state index in [1.807, 2.05) is 0 Å². The number of nitrogens with two attached hydrogens (primary N) is 1. The van der Waals surface area contributed by atoms with Crippen molar-refractivity contribution in [3.8, 4) is 0 Å². The van der Waals surface area contributed by atoms with Crippen LogP contribution in [0, 0.1) is 5.92 Å². The second-order valence-electron chi connectivity index (χ2n) is 5.03. The zero-order valence-electron chi connectivity index (χ0n) is 12.7. The number of nitrogens with one attached hydrogen (secondary N) is 2. The number of hydrogen-bond donors (Lipinski definition) is 3. The normalized spacial score (nSPS) is 10.9. The summed E-state index contributed by atoms with van der Waals surface area (Å²) in [6.07, 6.45) is 2.35. The maximum atomic E-state index is 11.7. The maximum Gasteiger partial charge on any atom is 0.270 e. The van der Waals surface area contributed by atoms with Crippen LogP contribution in [-0.4, -0.2) is 35.9 Å². The zero-order valence-corrected chi connectivity index (χ0v) is 14.4. The van der Waals surface area contributed by atoms with Crippen molar-refractivity contribution in [3.05, 3.63) is 30.1 Å². The van der Waals surface area contributed by atoms with Gasteiger partial charge in [0.15, 0.2) is 0 Å². The molecule has 22 heavy (non-hydrogen) atoms. The molecule has 126 valence electrons. The molecule has 1 unspecified atom stereocenters. The van der Waals surface area contributed by atoms with Crippen molar-refractivity contribution in [2.24, 2.45) is 11.7 Å². The number of pyridine rings is 1. The predicted octanol–water partition coefficient (Wildman–Crippen LogP) is 1.14. The van der Waals surface area contributed by atoms with E-state index in [0.29, 0.717) is 12.5 Å². The molecule has 0 aromatic carbocycles. The topological polar surface area (TPSA) is 97.1 Å². The Morgan fingerprint density at radius 1 is 1.27 bits per heavy atom. The number of halogens is 2. The third-order valence-electron chi connectivity index (χ3n) is 2.71. The van der Waals surface area contributed by atoms with Crippen LogP contribution >= 0.6 is 24.8 Å². The van der Waals surface area contributed by atoms with Gasteiger partial charge in [-0.1, -0.05) is 19.9 Å². The third-order valence-corrected chi connectivity index (χ3v) is 2.71. The summed E-state index contributed by atoms with van der Waals surface area (Å²) in [5.74, 6) is -0.161. The Bertz CT molecular complexity index is 444. The molecule has 4 N–H and O–H groups in total. The van der Waals surface area contributed by atoms with Gasteiger partial charge >= 0.3 is 0 Å². The molecular weight excluding hydrogens is 327 g/mol. The number of nitrogens with zero attached hydrogens (tertiary/aromatic N) is 1. The maximum absolute atomic E-state index is 11.7. The van der Waals surface area contributed by atoms with E-state index >= 15 is 0 Å². The Morgan fingerprint density at radius 2 is 1.95 bits per heavy atom. The van der Waals surface area contributed by atoms with Gasteiger partial charge in [0.25, 0.3) is 5.91 Å². The van der Waals surface area contributed by atoms with Crippen molar-refractivity contribution in [2.75, 3.05) is 13.1 Å². The van der Waals surface area contributed by atoms with Crippen molar-refractivity contribution in [3.63, 3.8) is 0 Å². The highest BCUT2D eigenvalue weighted by molar-refractivity contribution is 5.94. The van der Waals surface area contributed by atoms with E-state index in [-0.39, 0.29) is 54.9 Å². The number of hydrogen-bond acceptors (Lipinski definition) is 4. The smallest absolute Gasteiger partial charge is 0.270 e. The summed E-state index contributed by atoms with van der Waals surface area (Å²) in [6.45, 7) is 4.44. The minimum atomic E-state index is -0.367. The van der Waals surface area contributed by atoms with Crippen molar-refractivity contribution < 1.29 is 9.59 Å². The Balaban J connectivity index is 0. The first kappa shape index (κ1) is 22.9. The molecule has 0 bridgehead atoms. The SMILES string of the molecule is CC(C)CC(CN)NC(=O)CNC(=O)c1ccccn1.Cl.Cl. The highest BCUT2D eigenvalue weighted by Crippen LogP contribution is 2.03. The third kappa shape index (κ3) is 8.81. The first-order valence-electron chi connectivity index (χ1n) is 6.71. The van der Waals surface area contributed by atoms with Gasteiger partial charge < -0.3 is 16.4 Å². The molecular formula is C14H24Cl2N4O2. The largest absolute Gasteiger partial charge is 0.351 e. The molecule has 2 amide bonds. The van der Waals surface area contributed by atoms with Crippen LogP contribution in [0.25, 0.3) is 0 Å². The summed E-state index contributed by atoms with van der Waals surface area (Å²) in [7, 11) is 0. The van der Waals surface area contributed by atoms with Crippen LogP contribution < -0.4 is 16.4 Å². The van der Waals surface area contributed by atoms with E-state index in [1.54, 1.807) is 18.2 Å². The average molecular weight is 351 g/mol. The predicted molar refractivity (Wildman–Crippen MR) is 91.5 cm³/mol. The molecule has 0 saturated heterocycles. The molecule has 0 aliphatic heterocycles. The lowest BCUT2D eigenvalue weighted by atomic mass is 10.0. The first-order valence-corrected chi connectivity index (χ1v) is 6.71. The molecule has 0 aliphatic carbocycles. The van der Waals surface area contributed by atoms with Crippen LogP contribution in [0.2, 0.25) is 0 Å². The highest BCUT2D eigenvalue weighted by atomic mass is 35.5. The van der Waals surface area contributed by atoms with Crippen molar-refractivity contribution in [2.45, 2.75) is 26.3 Å². The van der Waals surface area contributed by atoms with Gasteiger partial charge in [0.05, 0.1) is 6.54 Å². The van der Waals surface area contributed by atoms with E-state index in [0.717, 1.165) is 6.42 Å². The van der Waals surface area contributed by atoms with Crippen LogP contribution in [0.4, 0.5) is 0 Å². The standard InChI is InChI=1S/C14H22N4O2.2ClH/c1-10(2)7-11(8-15)18-13(19)9-17-14(20)12-5-3-4-6-16-12;;/h3-6,10-11H,7-9,15H2,1-2H3,(H,17,20)(H,18,19);2*1H. The quantitative estimate of drug-likeness (QED) is 0.686. The van der Waals surface area contributed by atoms with Crippen molar-refractivity contribution in [1.82, 2.24) is 15.6 Å². The summed E-state index contributed by atoms with van der Waals surface area (Å²) < 4.78 is 0. The highest BCUT2D eigenvalue weighted by Gasteiger charge is 2.13. The van der Waals surface area contributed by atoms with Gasteiger partial charge in [-0.25, -0.2) is 0 Å². The summed E-state index contributed by atoms with van der Waals surface area (Å²) in [5, 5.41) is 5.33. The number of amides is 2. The fourth-order valence-corrected chi connectivity index (χ4v) is 1.81. The Hall–Kier alpha value is -1.37. The Morgan fingerprint density at radius 3 is 2.45 bits per heavy atom. The van der Waals surface area contributed by atoms with Gasteiger partial charge in [0, 0.05) is 18.8 Å². The van der Waals surface area contributed by atoms with Gasteiger partial charge in [-0.15, -0.1) is 24.8 Å². The van der Waals surface area contributed by atoms with Crippen LogP contribution in [-0.2, 0) is 4.79 Å². The molecule has 0 fully saturated rings. The van der Waals surface area contributed by atoms with E-state index in [2.05, 4.69) is 29.5 Å². The summed E-state index contributed by atoms with van der Waals surface area (Å²) >= 11 is 0. The molecule has 1 aromatic heterocycles. The monoisotopic (exact) mass is 350 g/mol. The van der Waals surface area contributed by atoms with Crippen LogP contribution in [0.3, 0.4) is 0 Å². The summed E-state index contributed by atoms with van der Waals surface area (Å²) in [4.78, 5) is 27.3. The van der Waals surface area contributed by atoms with E-state index in [4.69, 9.17) is 5.73 Å². The fourth-order valence-electron chi connectivity index (χ4n) is 1.81. The molecule has 0 saturated carbocycles. The minimum absolute atomic E-state index is 0. The van der Waals surface area contributed by atoms with Gasteiger partial charge in [0.1, 0.15) is 5.69 Å². The van der Waals surface area contributed by atoms with Crippen LogP contribution in [0.5, 0.6) is 0 Å². The summed E-state index contributed by atoms with van der Waals surface area (Å²) in [6, 6.07) is 4.97. The van der Waals surface area contributed by atoms with Crippen LogP contribution in [0.1, 0.15) is 30.8 Å². The zero-order chi connectivity index (χ0) is 15.0. The van der Waals surface area contributed by atoms with Gasteiger partial charge in [-0.3, -0.25) is 14.6 Å². The van der Waals surface area contributed by atoms with E-state index < -0.39 is 0 Å². The lowest BCUT2D eigenvalue weighted by molar-refractivity contribution is -0.120. The van der Waals surface area contributed by atoms with Crippen LogP contribution in [0.15, 0.2) is 24.4 Å². The average Bonchev–Trinajstić information content (AvgIpc) is 2.44. The van der Waals surface area contributed by atoms with Gasteiger partial charge in [0.2, 0.25) is 5.91 Å². The molecule has 0 aliphatic rings. The van der Waals surface area contributed by atoms with E-state index in [1.165, 1.54) is 6.20 Å². The number of carbonyl (C=O) groups excluding carboxylic acids is 2. The molecule has 8 heteroatoms.